The summed E-state index contributed by atoms with van der Waals surface area (Å²) < 4.78 is 21.3. The molecule has 0 amide bonds. The van der Waals surface area contributed by atoms with Crippen LogP contribution in [-0.4, -0.2) is 11.2 Å². The van der Waals surface area contributed by atoms with Gasteiger partial charge >= 0.3 is 0 Å². The van der Waals surface area contributed by atoms with Crippen molar-refractivity contribution in [2.75, 3.05) is 6.61 Å². The largest absolute Gasteiger partial charge is 0.488 e. The van der Waals surface area contributed by atoms with E-state index in [4.69, 9.17) is 4.74 Å². The molecule has 3 rings (SSSR count). The molecule has 94 valence electrons. The molecule has 1 aliphatic heterocycles. The number of pyridine rings is 1. The lowest BCUT2D eigenvalue weighted by Crippen LogP contribution is -2.31. The van der Waals surface area contributed by atoms with Gasteiger partial charge in [-0.1, -0.05) is 0 Å². The second-order valence-corrected chi connectivity index (χ2v) is 5.39. The molecule has 0 N–H and O–H groups in total. The van der Waals surface area contributed by atoms with Crippen molar-refractivity contribution in [2.45, 2.75) is 19.9 Å². The van der Waals surface area contributed by atoms with E-state index < -0.39 is 0 Å². The van der Waals surface area contributed by atoms with Crippen LogP contribution < -0.4 is 10.3 Å². The van der Waals surface area contributed by atoms with Crippen LogP contribution in [0.25, 0.3) is 10.9 Å². The Kier molecular flexibility index (Phi) is 2.48. The summed E-state index contributed by atoms with van der Waals surface area (Å²) >= 11 is 3.18. The summed E-state index contributed by atoms with van der Waals surface area (Å²) in [5, 5.41) is 0.719. The van der Waals surface area contributed by atoms with Crippen LogP contribution in [0.4, 0.5) is 4.39 Å². The molecule has 1 unspecified atom stereocenters. The monoisotopic (exact) mass is 311 g/mol. The van der Waals surface area contributed by atoms with Crippen molar-refractivity contribution in [3.05, 3.63) is 38.3 Å². The van der Waals surface area contributed by atoms with Crippen molar-refractivity contribution in [3.8, 4) is 5.75 Å². The zero-order valence-electron chi connectivity index (χ0n) is 9.96. The average molecular weight is 312 g/mol. The van der Waals surface area contributed by atoms with Crippen LogP contribution in [0.15, 0.2) is 21.4 Å². The van der Waals surface area contributed by atoms with Gasteiger partial charge in [-0.25, -0.2) is 4.39 Å². The summed E-state index contributed by atoms with van der Waals surface area (Å²) in [5.41, 5.74) is 1.36. The van der Waals surface area contributed by atoms with Gasteiger partial charge < -0.3 is 4.74 Å². The van der Waals surface area contributed by atoms with Crippen LogP contribution in [0, 0.1) is 12.7 Å². The van der Waals surface area contributed by atoms with E-state index in [0.717, 1.165) is 10.9 Å². The lowest BCUT2D eigenvalue weighted by atomic mass is 10.1. The minimum atomic E-state index is -0.375. The van der Waals surface area contributed by atoms with Gasteiger partial charge in [-0.3, -0.25) is 9.36 Å². The molecule has 0 saturated heterocycles. The van der Waals surface area contributed by atoms with E-state index in [-0.39, 0.29) is 21.9 Å². The third kappa shape index (κ3) is 1.43. The molecule has 0 spiro atoms. The van der Waals surface area contributed by atoms with E-state index in [1.165, 1.54) is 6.07 Å². The van der Waals surface area contributed by atoms with E-state index in [1.807, 2.05) is 6.92 Å². The Morgan fingerprint density at radius 1 is 1.50 bits per heavy atom. The van der Waals surface area contributed by atoms with Crippen molar-refractivity contribution in [3.63, 3.8) is 0 Å². The topological polar surface area (TPSA) is 31.2 Å². The molecule has 18 heavy (non-hydrogen) atoms. The van der Waals surface area contributed by atoms with Crippen molar-refractivity contribution >= 4 is 26.8 Å². The number of hydrogen-bond acceptors (Lipinski definition) is 2. The first-order valence-electron chi connectivity index (χ1n) is 5.67. The maximum atomic E-state index is 13.8. The highest BCUT2D eigenvalue weighted by molar-refractivity contribution is 9.10. The van der Waals surface area contributed by atoms with Crippen LogP contribution in [0.2, 0.25) is 0 Å². The molecule has 2 heterocycles. The number of halogens is 2. The lowest BCUT2D eigenvalue weighted by molar-refractivity contribution is 0.242. The van der Waals surface area contributed by atoms with E-state index in [1.54, 1.807) is 17.6 Å². The molecular weight excluding hydrogens is 301 g/mol. The standard InChI is InChI=1S/C13H11BrFNO2/c1-6-3-10(17)16-7(2)5-18-13-11(14)9(15)4-8(6)12(13)16/h3-4,7H,5H2,1-2H3. The molecule has 0 bridgehead atoms. The zero-order chi connectivity index (χ0) is 13.0. The Morgan fingerprint density at radius 3 is 2.94 bits per heavy atom. The number of nitrogens with zero attached hydrogens (tertiary/aromatic N) is 1. The maximum absolute atomic E-state index is 13.8. The van der Waals surface area contributed by atoms with Gasteiger partial charge in [0.2, 0.25) is 0 Å². The minimum absolute atomic E-state index is 0.0505. The second kappa shape index (κ2) is 3.82. The van der Waals surface area contributed by atoms with Gasteiger partial charge in [0.1, 0.15) is 12.4 Å². The molecule has 3 nitrogen and oxygen atoms in total. The van der Waals surface area contributed by atoms with Crippen molar-refractivity contribution < 1.29 is 9.13 Å². The fraction of sp³-hybridized carbons (Fsp3) is 0.308. The Labute approximate surface area is 111 Å². The Bertz CT molecular complexity index is 723. The van der Waals surface area contributed by atoms with Crippen LogP contribution in [0.3, 0.4) is 0 Å². The molecule has 0 aliphatic carbocycles. The minimum Gasteiger partial charge on any atom is -0.488 e. The van der Waals surface area contributed by atoms with Crippen molar-refractivity contribution in [1.82, 2.24) is 4.57 Å². The van der Waals surface area contributed by atoms with E-state index in [9.17, 15) is 9.18 Å². The predicted octanol–water partition coefficient (Wildman–Crippen LogP) is 3.16. The maximum Gasteiger partial charge on any atom is 0.251 e. The van der Waals surface area contributed by atoms with Crippen LogP contribution in [0.5, 0.6) is 5.75 Å². The normalized spacial score (nSPS) is 17.9. The molecule has 1 aromatic carbocycles. The van der Waals surface area contributed by atoms with Gasteiger partial charge in [-0.15, -0.1) is 0 Å². The fourth-order valence-corrected chi connectivity index (χ4v) is 2.84. The Balaban J connectivity index is 2.61. The molecule has 2 aromatic rings. The number of aryl methyl sites for hydroxylation is 1. The third-order valence-electron chi connectivity index (χ3n) is 3.30. The van der Waals surface area contributed by atoms with E-state index in [0.29, 0.717) is 17.9 Å². The van der Waals surface area contributed by atoms with Gasteiger partial charge in [0.25, 0.3) is 5.56 Å². The summed E-state index contributed by atoms with van der Waals surface area (Å²) in [6.07, 6.45) is 0. The number of ether oxygens (including phenoxy) is 1. The van der Waals surface area contributed by atoms with Crippen LogP contribution >= 0.6 is 15.9 Å². The molecule has 1 aliphatic rings. The summed E-state index contributed by atoms with van der Waals surface area (Å²) in [6, 6.07) is 2.93. The summed E-state index contributed by atoms with van der Waals surface area (Å²) in [6.45, 7) is 4.08. The first-order chi connectivity index (χ1) is 8.50. The number of hydrogen-bond donors (Lipinski definition) is 0. The average Bonchev–Trinajstić information content (AvgIpc) is 2.31. The Hall–Kier alpha value is -1.36. The highest BCUT2D eigenvalue weighted by Crippen LogP contribution is 2.39. The molecule has 1 atom stereocenters. The SMILES string of the molecule is Cc1cc(=O)n2c3c(c(Br)c(F)cc13)OCC2C. The van der Waals surface area contributed by atoms with Gasteiger partial charge in [0, 0.05) is 11.5 Å². The number of benzene rings is 1. The van der Waals surface area contributed by atoms with Gasteiger partial charge in [0.05, 0.1) is 16.0 Å². The van der Waals surface area contributed by atoms with Crippen LogP contribution in [-0.2, 0) is 0 Å². The quantitative estimate of drug-likeness (QED) is 0.748. The summed E-state index contributed by atoms with van der Waals surface area (Å²) in [5.74, 6) is 0.0456. The highest BCUT2D eigenvalue weighted by Gasteiger charge is 2.25. The smallest absolute Gasteiger partial charge is 0.251 e. The molecule has 1 aromatic heterocycles. The number of aromatic nitrogens is 1. The predicted molar refractivity (Wildman–Crippen MR) is 70.8 cm³/mol. The fourth-order valence-electron chi connectivity index (χ4n) is 2.42. The molecule has 0 saturated carbocycles. The van der Waals surface area contributed by atoms with Gasteiger partial charge in [-0.05, 0) is 41.4 Å². The van der Waals surface area contributed by atoms with E-state index >= 15 is 0 Å². The number of rotatable bonds is 0. The summed E-state index contributed by atoms with van der Waals surface area (Å²) in [7, 11) is 0. The van der Waals surface area contributed by atoms with Crippen LogP contribution in [0.1, 0.15) is 18.5 Å². The van der Waals surface area contributed by atoms with Gasteiger partial charge in [-0.2, -0.15) is 0 Å². The summed E-state index contributed by atoms with van der Waals surface area (Å²) in [4.78, 5) is 12.1. The lowest BCUT2D eigenvalue weighted by Gasteiger charge is -2.27. The molecular formula is C13H11BrFNO2. The molecule has 0 fully saturated rings. The first-order valence-corrected chi connectivity index (χ1v) is 6.46. The zero-order valence-corrected chi connectivity index (χ0v) is 11.5. The molecule has 0 radical (unpaired) electrons. The highest BCUT2D eigenvalue weighted by atomic mass is 79.9. The van der Waals surface area contributed by atoms with Crippen molar-refractivity contribution in [1.29, 1.82) is 0 Å². The molecule has 5 heteroatoms. The van der Waals surface area contributed by atoms with Gasteiger partial charge in [0.15, 0.2) is 5.75 Å². The Morgan fingerprint density at radius 2 is 2.22 bits per heavy atom. The first kappa shape index (κ1) is 11.7. The van der Waals surface area contributed by atoms with E-state index in [2.05, 4.69) is 15.9 Å². The van der Waals surface area contributed by atoms with Crippen molar-refractivity contribution in [2.24, 2.45) is 0 Å². The second-order valence-electron chi connectivity index (χ2n) is 4.59. The third-order valence-corrected chi connectivity index (χ3v) is 4.04.